The molecule has 1 atom stereocenters. The summed E-state index contributed by atoms with van der Waals surface area (Å²) in [4.78, 5) is 17.0. The van der Waals surface area contributed by atoms with Gasteiger partial charge in [-0.25, -0.2) is 4.79 Å². The van der Waals surface area contributed by atoms with Crippen LogP contribution >= 0.6 is 0 Å². The van der Waals surface area contributed by atoms with E-state index in [1.54, 1.807) is 0 Å². The number of benzene rings is 2. The third kappa shape index (κ3) is 5.59. The van der Waals surface area contributed by atoms with E-state index in [2.05, 4.69) is 29.6 Å². The Morgan fingerprint density at radius 2 is 1.69 bits per heavy atom. The average Bonchev–Trinajstić information content (AvgIpc) is 2.67. The quantitative estimate of drug-likeness (QED) is 0.818. The van der Waals surface area contributed by atoms with Crippen LogP contribution in [0.15, 0.2) is 77.8 Å². The van der Waals surface area contributed by atoms with E-state index in [1.807, 2.05) is 48.5 Å². The summed E-state index contributed by atoms with van der Waals surface area (Å²) in [5.41, 5.74) is 3.16. The molecule has 0 aliphatic carbocycles. The highest BCUT2D eigenvalue weighted by atomic mass is 16.5. The zero-order valence-corrected chi connectivity index (χ0v) is 14.8. The molecule has 0 spiro atoms. The topological polar surface area (TPSA) is 50.7 Å². The van der Waals surface area contributed by atoms with Crippen molar-refractivity contribution in [2.24, 2.45) is 4.99 Å². The molecular weight excluding hydrogens is 324 g/mol. The van der Waals surface area contributed by atoms with Crippen LogP contribution in [0.3, 0.4) is 0 Å². The first kappa shape index (κ1) is 17.9. The Morgan fingerprint density at radius 1 is 1.00 bits per heavy atom. The van der Waals surface area contributed by atoms with Crippen molar-refractivity contribution in [1.82, 2.24) is 5.32 Å². The maximum absolute atomic E-state index is 12.3. The second-order valence-electron chi connectivity index (χ2n) is 6.29. The Bertz CT molecular complexity index is 754. The number of hydrogen-bond acceptors (Lipinski definition) is 3. The first-order valence-corrected chi connectivity index (χ1v) is 9.00. The molecule has 0 unspecified atom stereocenters. The molecule has 0 aromatic heterocycles. The number of alkyl carbamates (subject to hydrolysis) is 1. The Kier molecular flexibility index (Phi) is 6.59. The lowest BCUT2D eigenvalue weighted by atomic mass is 9.99. The SMILES string of the molecule is O=C(N[C@@H]1CC=CCC/N=C\1Cc1ccccc1)OCc1ccccc1. The van der Waals surface area contributed by atoms with Gasteiger partial charge >= 0.3 is 6.09 Å². The van der Waals surface area contributed by atoms with Gasteiger partial charge in [-0.2, -0.15) is 0 Å². The molecule has 0 fully saturated rings. The van der Waals surface area contributed by atoms with Crippen LogP contribution in [-0.4, -0.2) is 24.4 Å². The predicted octanol–water partition coefficient (Wildman–Crippen LogP) is 4.32. The predicted molar refractivity (Wildman–Crippen MR) is 104 cm³/mol. The molecule has 26 heavy (non-hydrogen) atoms. The van der Waals surface area contributed by atoms with Crippen molar-refractivity contribution in [3.05, 3.63) is 83.9 Å². The molecule has 0 saturated heterocycles. The van der Waals surface area contributed by atoms with Crippen molar-refractivity contribution < 1.29 is 9.53 Å². The number of rotatable bonds is 5. The van der Waals surface area contributed by atoms with E-state index in [-0.39, 0.29) is 12.6 Å². The summed E-state index contributed by atoms with van der Waals surface area (Å²) in [6.07, 6.45) is 6.22. The second kappa shape index (κ2) is 9.56. The van der Waals surface area contributed by atoms with Gasteiger partial charge in [-0.3, -0.25) is 4.99 Å². The van der Waals surface area contributed by atoms with Crippen LogP contribution in [0.25, 0.3) is 0 Å². The van der Waals surface area contributed by atoms with Crippen LogP contribution in [0.1, 0.15) is 24.0 Å². The van der Waals surface area contributed by atoms with Crippen LogP contribution in [0.4, 0.5) is 4.79 Å². The zero-order valence-electron chi connectivity index (χ0n) is 14.8. The minimum absolute atomic E-state index is 0.143. The number of carbonyl (C=O) groups is 1. The van der Waals surface area contributed by atoms with Crippen LogP contribution in [0, 0.1) is 0 Å². The molecule has 1 aliphatic rings. The summed E-state index contributed by atoms with van der Waals surface area (Å²) in [7, 11) is 0. The van der Waals surface area contributed by atoms with E-state index in [0.717, 1.165) is 37.1 Å². The normalized spacial score (nSPS) is 18.9. The van der Waals surface area contributed by atoms with Gasteiger partial charge in [-0.05, 0) is 24.0 Å². The van der Waals surface area contributed by atoms with E-state index in [9.17, 15) is 4.79 Å². The molecule has 1 aliphatic heterocycles. The Balaban J connectivity index is 1.62. The van der Waals surface area contributed by atoms with Crippen LogP contribution in [-0.2, 0) is 17.8 Å². The lowest BCUT2D eigenvalue weighted by Crippen LogP contribution is -2.42. The highest BCUT2D eigenvalue weighted by molar-refractivity contribution is 5.94. The summed E-state index contributed by atoms with van der Waals surface area (Å²) in [6, 6.07) is 19.8. The number of aliphatic imine (C=N–C) groups is 1. The van der Waals surface area contributed by atoms with E-state index in [0.29, 0.717) is 0 Å². The summed E-state index contributed by atoms with van der Waals surface area (Å²) in [5, 5.41) is 2.98. The lowest BCUT2D eigenvalue weighted by molar-refractivity contribution is 0.138. The molecule has 0 bridgehead atoms. The van der Waals surface area contributed by atoms with Gasteiger partial charge in [0, 0.05) is 18.7 Å². The van der Waals surface area contributed by atoms with Crippen LogP contribution in [0.2, 0.25) is 0 Å². The van der Waals surface area contributed by atoms with Crippen molar-refractivity contribution in [2.45, 2.75) is 31.9 Å². The fourth-order valence-electron chi connectivity index (χ4n) is 2.91. The maximum Gasteiger partial charge on any atom is 0.408 e. The molecule has 1 amide bonds. The van der Waals surface area contributed by atoms with E-state index in [4.69, 9.17) is 9.73 Å². The fourth-order valence-corrected chi connectivity index (χ4v) is 2.91. The molecule has 4 nitrogen and oxygen atoms in total. The Hall–Kier alpha value is -2.88. The molecule has 4 heteroatoms. The molecule has 134 valence electrons. The third-order valence-corrected chi connectivity index (χ3v) is 4.28. The minimum Gasteiger partial charge on any atom is -0.445 e. The largest absolute Gasteiger partial charge is 0.445 e. The maximum atomic E-state index is 12.3. The van der Waals surface area contributed by atoms with Gasteiger partial charge in [-0.15, -0.1) is 0 Å². The Morgan fingerprint density at radius 3 is 2.42 bits per heavy atom. The summed E-state index contributed by atoms with van der Waals surface area (Å²) < 4.78 is 5.37. The van der Waals surface area contributed by atoms with Gasteiger partial charge in [-0.1, -0.05) is 72.8 Å². The van der Waals surface area contributed by atoms with Gasteiger partial charge in [0.25, 0.3) is 0 Å². The number of amides is 1. The summed E-state index contributed by atoms with van der Waals surface area (Å²) >= 11 is 0. The van der Waals surface area contributed by atoms with Crippen LogP contribution < -0.4 is 5.32 Å². The Labute approximate surface area is 154 Å². The summed E-state index contributed by atoms with van der Waals surface area (Å²) in [6.45, 7) is 1.01. The average molecular weight is 348 g/mol. The standard InChI is InChI=1S/C22H24N2O2/c25-22(26-17-19-12-6-2-7-13-19)24-20-14-8-3-9-15-23-21(20)16-18-10-4-1-5-11-18/h1-8,10-13,20H,9,14-17H2,(H,24,25)/b8-3?,23-21-/t20-/m1/s1. The molecule has 3 rings (SSSR count). The van der Waals surface area contributed by atoms with Crippen molar-refractivity contribution in [2.75, 3.05) is 6.54 Å². The lowest BCUT2D eigenvalue weighted by Gasteiger charge is -2.21. The highest BCUT2D eigenvalue weighted by Crippen LogP contribution is 2.10. The van der Waals surface area contributed by atoms with Crippen molar-refractivity contribution in [3.8, 4) is 0 Å². The number of hydrogen-bond donors (Lipinski definition) is 1. The second-order valence-corrected chi connectivity index (χ2v) is 6.29. The van der Waals surface area contributed by atoms with Crippen LogP contribution in [0.5, 0.6) is 0 Å². The summed E-state index contributed by atoms with van der Waals surface area (Å²) in [5.74, 6) is 0. The monoisotopic (exact) mass is 348 g/mol. The van der Waals surface area contributed by atoms with E-state index < -0.39 is 6.09 Å². The highest BCUT2D eigenvalue weighted by Gasteiger charge is 2.19. The molecule has 1 heterocycles. The molecule has 2 aromatic rings. The van der Waals surface area contributed by atoms with E-state index >= 15 is 0 Å². The van der Waals surface area contributed by atoms with Gasteiger partial charge in [0.1, 0.15) is 6.61 Å². The molecule has 0 saturated carbocycles. The van der Waals surface area contributed by atoms with Crippen molar-refractivity contribution in [1.29, 1.82) is 0 Å². The van der Waals surface area contributed by atoms with Gasteiger partial charge < -0.3 is 10.1 Å². The third-order valence-electron chi connectivity index (χ3n) is 4.28. The smallest absolute Gasteiger partial charge is 0.408 e. The minimum atomic E-state index is -0.409. The van der Waals surface area contributed by atoms with E-state index in [1.165, 1.54) is 5.56 Å². The number of nitrogens with zero attached hydrogens (tertiary/aromatic N) is 1. The zero-order chi connectivity index (χ0) is 18.0. The molecule has 0 radical (unpaired) electrons. The fraction of sp³-hybridized carbons (Fsp3) is 0.273. The molecular formula is C22H24N2O2. The van der Waals surface area contributed by atoms with Gasteiger partial charge in [0.2, 0.25) is 0 Å². The number of ether oxygens (including phenoxy) is 1. The van der Waals surface area contributed by atoms with Crippen molar-refractivity contribution in [3.63, 3.8) is 0 Å². The van der Waals surface area contributed by atoms with Gasteiger partial charge in [0.05, 0.1) is 6.04 Å². The number of carbonyl (C=O) groups excluding carboxylic acids is 1. The first-order chi connectivity index (χ1) is 12.8. The van der Waals surface area contributed by atoms with Gasteiger partial charge in [0.15, 0.2) is 0 Å². The number of nitrogens with one attached hydrogen (secondary N) is 1. The molecule has 1 N–H and O–H groups in total. The molecule has 2 aromatic carbocycles. The van der Waals surface area contributed by atoms with Crippen molar-refractivity contribution >= 4 is 11.8 Å². The first-order valence-electron chi connectivity index (χ1n) is 9.00.